The summed E-state index contributed by atoms with van der Waals surface area (Å²) in [6.07, 6.45) is 3.36. The molecule has 562 valence electrons. The van der Waals surface area contributed by atoms with E-state index in [2.05, 4.69) is 63.1 Å². The Hall–Kier alpha value is -10.8. The van der Waals surface area contributed by atoms with Gasteiger partial charge in [0.1, 0.15) is 66.5 Å². The Morgan fingerprint density at radius 3 is 1.39 bits per heavy atom. The van der Waals surface area contributed by atoms with Gasteiger partial charge in [0.05, 0.1) is 6.42 Å². The third-order valence-corrected chi connectivity index (χ3v) is 17.6. The molecule has 0 saturated carbocycles. The van der Waals surface area contributed by atoms with E-state index in [1.165, 1.54) is 27.0 Å². The summed E-state index contributed by atoms with van der Waals surface area (Å²) in [6.45, 7) is 7.87. The Kier molecular flexibility index (Phi) is 33.2. The van der Waals surface area contributed by atoms with E-state index in [1.807, 2.05) is 0 Å². The summed E-state index contributed by atoms with van der Waals surface area (Å²) >= 11 is 0. The molecule has 0 spiro atoms. The summed E-state index contributed by atoms with van der Waals surface area (Å²) in [5.41, 5.74) is 19.2. The van der Waals surface area contributed by atoms with Crippen LogP contribution in [0.5, 0.6) is 0 Å². The number of H-pyrrole nitrogens is 2. The number of nitrogens with zero attached hydrogens (tertiary/aromatic N) is 1. The van der Waals surface area contributed by atoms with Crippen molar-refractivity contribution in [1.29, 1.82) is 0 Å². The zero-order valence-corrected chi connectivity index (χ0v) is 58.4. The van der Waals surface area contributed by atoms with Gasteiger partial charge in [0, 0.05) is 72.8 Å². The lowest BCUT2D eigenvalue weighted by Crippen LogP contribution is -2.61. The van der Waals surface area contributed by atoms with Crippen molar-refractivity contribution >= 4 is 111 Å². The van der Waals surface area contributed by atoms with Crippen molar-refractivity contribution in [3.05, 3.63) is 84.2 Å². The van der Waals surface area contributed by atoms with Gasteiger partial charge in [0.15, 0.2) is 0 Å². The summed E-state index contributed by atoms with van der Waals surface area (Å²) in [5.74, 6) is -16.1. The number of carbonyl (C=O) groups is 15. The fourth-order valence-corrected chi connectivity index (χ4v) is 11.5. The monoisotopic (exact) mass is 1440 g/mol. The molecular formula is C69H98N16O18. The normalized spacial score (nSPS) is 17.5. The maximum atomic E-state index is 14.9. The van der Waals surface area contributed by atoms with Crippen molar-refractivity contribution in [3.8, 4) is 0 Å². The van der Waals surface area contributed by atoms with E-state index in [0.29, 0.717) is 58.6 Å². The van der Waals surface area contributed by atoms with E-state index in [1.54, 1.807) is 80.7 Å². The first kappa shape index (κ1) is 82.9. The number of benzene rings is 2. The maximum Gasteiger partial charge on any atom is 0.305 e. The Bertz CT molecular complexity index is 3700. The Morgan fingerprint density at radius 2 is 0.942 bits per heavy atom. The van der Waals surface area contributed by atoms with Crippen molar-refractivity contribution in [2.45, 2.75) is 204 Å². The number of rotatable bonds is 40. The topological polar surface area (TPSA) is 550 Å². The largest absolute Gasteiger partial charge is 0.481 e. The number of amides is 12. The lowest BCUT2D eigenvalue weighted by atomic mass is 9.97. The number of nitrogens with one attached hydrogen (secondary N) is 12. The van der Waals surface area contributed by atoms with Gasteiger partial charge in [0.2, 0.25) is 70.9 Å². The molecule has 2 aromatic carbocycles. The Balaban J connectivity index is 1.48. The summed E-state index contributed by atoms with van der Waals surface area (Å²) in [4.78, 5) is 213. The molecule has 12 amide bonds. The number of hydrogen-bond donors (Lipinski definition) is 18. The van der Waals surface area contributed by atoms with Crippen LogP contribution in [0.25, 0.3) is 21.8 Å². The van der Waals surface area contributed by atoms with Crippen molar-refractivity contribution < 1.29 is 87.2 Å². The Labute approximate surface area is 594 Å². The van der Waals surface area contributed by atoms with Crippen LogP contribution in [-0.2, 0) is 84.8 Å². The Morgan fingerprint density at radius 1 is 0.524 bits per heavy atom. The highest BCUT2D eigenvalue weighted by Crippen LogP contribution is 2.22. The van der Waals surface area contributed by atoms with E-state index >= 15 is 0 Å². The first-order valence-corrected chi connectivity index (χ1v) is 34.4. The number of carboxylic acid groups (broad SMARTS) is 3. The number of allylic oxidation sites excluding steroid dienone is 1. The van der Waals surface area contributed by atoms with Gasteiger partial charge in [-0.3, -0.25) is 71.9 Å². The second kappa shape index (κ2) is 41.2. The number of primary amides is 1. The first-order chi connectivity index (χ1) is 49.0. The van der Waals surface area contributed by atoms with Crippen LogP contribution in [0.15, 0.2) is 73.1 Å². The molecule has 12 atom stereocenters. The molecular weight excluding hydrogens is 1340 g/mol. The number of carboxylic acids is 3. The van der Waals surface area contributed by atoms with Gasteiger partial charge < -0.3 is 101 Å². The third kappa shape index (κ3) is 26.0. The summed E-state index contributed by atoms with van der Waals surface area (Å²) in [7, 11) is 0. The smallest absolute Gasteiger partial charge is 0.305 e. The number of hydrogen-bond acceptors (Lipinski definition) is 17. The molecule has 5 rings (SSSR count). The van der Waals surface area contributed by atoms with Crippen LogP contribution in [0.1, 0.15) is 136 Å². The van der Waals surface area contributed by atoms with Gasteiger partial charge in [-0.15, -0.1) is 0 Å². The van der Waals surface area contributed by atoms with Gasteiger partial charge in [-0.25, -0.2) is 0 Å². The molecule has 34 nitrogen and oxygen atoms in total. The minimum absolute atomic E-state index is 0.00437. The molecule has 0 fully saturated rings. The van der Waals surface area contributed by atoms with E-state index in [-0.39, 0.29) is 58.2 Å². The van der Waals surface area contributed by atoms with Crippen LogP contribution in [-0.4, -0.2) is 205 Å². The van der Waals surface area contributed by atoms with E-state index < -0.39 is 200 Å². The van der Waals surface area contributed by atoms with Gasteiger partial charge in [-0.1, -0.05) is 68.8 Å². The molecule has 34 heteroatoms. The summed E-state index contributed by atoms with van der Waals surface area (Å²) in [6, 6.07) is -3.03. The lowest BCUT2D eigenvalue weighted by molar-refractivity contribution is -0.143. The molecule has 3 heterocycles. The van der Waals surface area contributed by atoms with Crippen molar-refractivity contribution in [2.75, 3.05) is 19.6 Å². The van der Waals surface area contributed by atoms with E-state index in [0.717, 1.165) is 4.90 Å². The second-order valence-electron chi connectivity index (χ2n) is 25.6. The molecule has 103 heavy (non-hydrogen) atoms. The quantitative estimate of drug-likeness (QED) is 0.0185. The minimum atomic E-state index is -2.00. The number of nitrogens with two attached hydrogens (primary N) is 3. The van der Waals surface area contributed by atoms with Crippen molar-refractivity contribution in [3.63, 3.8) is 0 Å². The van der Waals surface area contributed by atoms with Crippen LogP contribution in [0.3, 0.4) is 0 Å². The molecule has 0 aliphatic carbocycles. The van der Waals surface area contributed by atoms with Crippen molar-refractivity contribution in [1.82, 2.24) is 68.0 Å². The number of para-hydroxylation sites is 2. The number of carbonyl (C=O) groups excluding carboxylic acids is 12. The molecule has 0 unspecified atom stereocenters. The molecule has 0 saturated heterocycles. The summed E-state index contributed by atoms with van der Waals surface area (Å²) < 4.78 is 0. The number of aromatic amines is 2. The molecule has 0 radical (unpaired) electrons. The molecule has 4 aromatic rings. The number of unbranched alkanes of at least 4 members (excludes halogenated alkanes) is 2. The van der Waals surface area contributed by atoms with E-state index in [9.17, 15) is 87.2 Å². The average Bonchev–Trinajstić information content (AvgIpc) is 1.83. The highest BCUT2D eigenvalue weighted by atomic mass is 16.4. The van der Waals surface area contributed by atoms with Gasteiger partial charge in [0.25, 0.3) is 0 Å². The predicted molar refractivity (Wildman–Crippen MR) is 375 cm³/mol. The standard InChI is InChI=1S/C69H98N16O18/c1-6-37(2)58(59(72)93)84-65(99)48(23-14-16-30-71)77-62(96)47(22-13-15-29-70)78-68(102)53(34-57(91)92)83-67(101)52(33-42-36-74-46-21-12-10-19-44(42)46)82-64(98)50(26-28-56(89)90)79-63(97)49(25-27-55(87)88)80-66(100)51(32-41-35-73-45-20-11-9-18-43(41)45)81-61(95)40(5)85-31-17-7-8-24-54(86)75-38(3)60(94)76-39(4)69(85)103/h7,9-12,17-21,35-40,47-53,58,73-74H,6,8,13-16,22-34,70-71H2,1-5H3,(H2,72,93)(H,75,86)(H,76,94)(H,77,96)(H,78,102)(H,79,97)(H,80,100)(H,81,95)(H,82,98)(H,83,101)(H,84,99)(H,87,88)(H,89,90)(H,91,92)/b17-7+/t37-,38-,39-,40-,47-,48-,49-,50-,51-,52-,53-,58-/m0/s1. The molecule has 2 aromatic heterocycles. The SMILES string of the molecule is CC[C@H](C)[C@H](NC(=O)[C@H](CCCCN)NC(=O)[C@H](CCCCN)NC(=O)[C@H](CC(=O)O)NC(=O)[C@H](Cc1c[nH]c2ccccc12)NC(=O)[C@H](CCC(=O)O)NC(=O)[C@H](CCC(=O)O)NC(=O)[C@H](Cc1c[nH]c2ccccc12)NC(=O)[C@H](C)N1C/C=C/CCC(=O)N[C@@H](C)C(=O)N[C@@H](C)C1=O)C(N)=O. The number of aromatic nitrogens is 2. The molecule has 1 aliphatic rings. The van der Waals surface area contributed by atoms with Crippen LogP contribution in [0, 0.1) is 5.92 Å². The molecule has 21 N–H and O–H groups in total. The molecule has 1 aliphatic heterocycles. The third-order valence-electron chi connectivity index (χ3n) is 17.6. The van der Waals surface area contributed by atoms with Gasteiger partial charge in [-0.2, -0.15) is 0 Å². The van der Waals surface area contributed by atoms with Crippen LogP contribution in [0.4, 0.5) is 0 Å². The highest BCUT2D eigenvalue weighted by molar-refractivity contribution is 6.01. The van der Waals surface area contributed by atoms with Crippen LogP contribution < -0.4 is 70.4 Å². The van der Waals surface area contributed by atoms with Crippen molar-refractivity contribution in [2.24, 2.45) is 23.1 Å². The lowest BCUT2D eigenvalue weighted by Gasteiger charge is -2.32. The zero-order valence-electron chi connectivity index (χ0n) is 58.4. The average molecular weight is 1440 g/mol. The number of fused-ring (bicyclic) bond motifs is 2. The maximum absolute atomic E-state index is 14.9. The minimum Gasteiger partial charge on any atom is -0.481 e. The van der Waals surface area contributed by atoms with Crippen LogP contribution in [0.2, 0.25) is 0 Å². The fraction of sp³-hybridized carbons (Fsp3) is 0.522. The fourth-order valence-electron chi connectivity index (χ4n) is 11.5. The zero-order chi connectivity index (χ0) is 76.0. The highest BCUT2D eigenvalue weighted by Gasteiger charge is 2.38. The number of aliphatic carboxylic acids is 3. The van der Waals surface area contributed by atoms with Crippen LogP contribution >= 0.6 is 0 Å². The summed E-state index contributed by atoms with van der Waals surface area (Å²) in [5, 5.41) is 56.5. The van der Waals surface area contributed by atoms with Gasteiger partial charge in [-0.05, 0) is 121 Å². The first-order valence-electron chi connectivity index (χ1n) is 34.4. The predicted octanol–water partition coefficient (Wildman–Crippen LogP) is -1.12. The molecule has 0 bridgehead atoms. The van der Waals surface area contributed by atoms with E-state index in [4.69, 9.17) is 17.2 Å². The second-order valence-corrected chi connectivity index (χ2v) is 25.6. The van der Waals surface area contributed by atoms with Gasteiger partial charge >= 0.3 is 17.9 Å².